The maximum absolute atomic E-state index is 13.8. The van der Waals surface area contributed by atoms with Crippen molar-refractivity contribution in [3.8, 4) is 0 Å². The van der Waals surface area contributed by atoms with Crippen molar-refractivity contribution >= 4 is 5.69 Å². The first-order valence-corrected chi connectivity index (χ1v) is 5.40. The van der Waals surface area contributed by atoms with Crippen LogP contribution < -0.4 is 5.32 Å². The molecule has 0 spiro atoms. The lowest BCUT2D eigenvalue weighted by Crippen LogP contribution is -2.68. The van der Waals surface area contributed by atoms with Crippen LogP contribution >= 0.6 is 0 Å². The van der Waals surface area contributed by atoms with Crippen molar-refractivity contribution in [3.63, 3.8) is 0 Å². The number of nitrogens with one attached hydrogen (secondary N) is 1. The summed E-state index contributed by atoms with van der Waals surface area (Å²) in [6.07, 6.45) is -11.8. The van der Waals surface area contributed by atoms with Crippen molar-refractivity contribution < 1.29 is 43.9 Å². The lowest BCUT2D eigenvalue weighted by molar-refractivity contribution is -0.385. The molecule has 0 aliphatic rings. The van der Waals surface area contributed by atoms with Gasteiger partial charge in [0.15, 0.2) is 0 Å². The molecule has 1 nitrogen and oxygen atoms in total. The lowest BCUT2D eigenvalue weighted by atomic mass is 9.99. The summed E-state index contributed by atoms with van der Waals surface area (Å²) >= 11 is 0. The molecule has 126 valence electrons. The second kappa shape index (κ2) is 5.51. The number of para-hydroxylation sites is 1. The first-order chi connectivity index (χ1) is 9.77. The van der Waals surface area contributed by atoms with Crippen LogP contribution in [0.4, 0.5) is 49.6 Å². The van der Waals surface area contributed by atoms with E-state index in [2.05, 4.69) is 0 Å². The molecule has 0 saturated heterocycles. The maximum atomic E-state index is 13.8. The van der Waals surface area contributed by atoms with Gasteiger partial charge < -0.3 is 5.32 Å². The zero-order chi connectivity index (χ0) is 17.4. The maximum Gasteiger partial charge on any atom is 0.460 e. The van der Waals surface area contributed by atoms with Crippen molar-refractivity contribution in [1.29, 1.82) is 0 Å². The lowest BCUT2D eigenvalue weighted by Gasteiger charge is -2.38. The zero-order valence-electron chi connectivity index (χ0n) is 10.2. The summed E-state index contributed by atoms with van der Waals surface area (Å²) in [6.45, 7) is 0. The van der Waals surface area contributed by atoms with Gasteiger partial charge in [0.05, 0.1) is 0 Å². The molecule has 0 fully saturated rings. The first kappa shape index (κ1) is 18.4. The van der Waals surface area contributed by atoms with E-state index < -0.39 is 35.9 Å². The molecule has 0 aliphatic heterocycles. The number of hydrogen-bond acceptors (Lipinski definition) is 1. The molecule has 0 bridgehead atoms. The summed E-state index contributed by atoms with van der Waals surface area (Å²) in [5, 5.41) is 0.727. The standard InChI is InChI=1S/C11H7F10N/c12-7(13)8(14,22-6-4-2-1-3-5-6)9(15,16)10(17,18)11(19,20)21/h1-5,7,22H. The molecule has 1 unspecified atom stereocenters. The van der Waals surface area contributed by atoms with Crippen molar-refractivity contribution in [1.82, 2.24) is 0 Å². The predicted molar refractivity (Wildman–Crippen MR) is 55.9 cm³/mol. The minimum absolute atomic E-state index is 0.727. The number of benzene rings is 1. The van der Waals surface area contributed by atoms with E-state index >= 15 is 0 Å². The van der Waals surface area contributed by atoms with Crippen LogP contribution in [-0.2, 0) is 0 Å². The van der Waals surface area contributed by atoms with Gasteiger partial charge in [0.25, 0.3) is 6.43 Å². The Bertz CT molecular complexity index is 497. The fraction of sp³-hybridized carbons (Fsp3) is 0.455. The smallest absolute Gasteiger partial charge is 0.344 e. The topological polar surface area (TPSA) is 12.0 Å². The summed E-state index contributed by atoms with van der Waals surface area (Å²) in [5.74, 6) is -19.4. The molecule has 1 atom stereocenters. The highest BCUT2D eigenvalue weighted by atomic mass is 19.4. The van der Waals surface area contributed by atoms with E-state index in [4.69, 9.17) is 0 Å². The molecular formula is C11H7F10N. The van der Waals surface area contributed by atoms with E-state index in [-0.39, 0.29) is 0 Å². The third kappa shape index (κ3) is 2.80. The monoisotopic (exact) mass is 343 g/mol. The third-order valence-electron chi connectivity index (χ3n) is 2.61. The third-order valence-corrected chi connectivity index (χ3v) is 2.61. The van der Waals surface area contributed by atoms with Crippen LogP contribution in [0.1, 0.15) is 0 Å². The highest BCUT2D eigenvalue weighted by Gasteiger charge is 2.83. The van der Waals surface area contributed by atoms with Gasteiger partial charge in [-0.1, -0.05) is 18.2 Å². The van der Waals surface area contributed by atoms with E-state index in [9.17, 15) is 43.9 Å². The average Bonchev–Trinajstić information content (AvgIpc) is 2.37. The van der Waals surface area contributed by atoms with Gasteiger partial charge >= 0.3 is 23.8 Å². The average molecular weight is 343 g/mol. The Morgan fingerprint density at radius 2 is 1.18 bits per heavy atom. The summed E-state index contributed by atoms with van der Waals surface area (Å²) < 4.78 is 127. The summed E-state index contributed by atoms with van der Waals surface area (Å²) in [6, 6.07) is 4.79. The minimum Gasteiger partial charge on any atom is -0.344 e. The molecule has 1 rings (SSSR count). The quantitative estimate of drug-likeness (QED) is 0.595. The number of rotatable bonds is 5. The van der Waals surface area contributed by atoms with Gasteiger partial charge in [0.2, 0.25) is 0 Å². The molecule has 1 N–H and O–H groups in total. The Kier molecular flexibility index (Phi) is 4.60. The van der Waals surface area contributed by atoms with Crippen molar-refractivity contribution in [2.45, 2.75) is 30.2 Å². The van der Waals surface area contributed by atoms with Gasteiger partial charge in [-0.05, 0) is 12.1 Å². The summed E-state index contributed by atoms with van der Waals surface area (Å²) in [7, 11) is 0. The Hall–Kier alpha value is -1.68. The van der Waals surface area contributed by atoms with E-state index in [1.807, 2.05) is 0 Å². The number of halogens is 10. The van der Waals surface area contributed by atoms with E-state index in [0.29, 0.717) is 0 Å². The fourth-order valence-corrected chi connectivity index (χ4v) is 1.41. The second-order valence-corrected chi connectivity index (χ2v) is 4.15. The van der Waals surface area contributed by atoms with Gasteiger partial charge in [-0.25, -0.2) is 13.2 Å². The van der Waals surface area contributed by atoms with Gasteiger partial charge in [-0.2, -0.15) is 30.7 Å². The van der Waals surface area contributed by atoms with Gasteiger partial charge in [0.1, 0.15) is 0 Å². The SMILES string of the molecule is FC(F)C(F)(Nc1ccccc1)C(F)(F)C(F)(F)C(F)(F)F. The van der Waals surface area contributed by atoms with Gasteiger partial charge in [-0.3, -0.25) is 0 Å². The van der Waals surface area contributed by atoms with Crippen molar-refractivity contribution in [3.05, 3.63) is 30.3 Å². The summed E-state index contributed by atoms with van der Waals surface area (Å²) in [5.41, 5.74) is -0.831. The van der Waals surface area contributed by atoms with E-state index in [1.165, 1.54) is 6.07 Å². The highest BCUT2D eigenvalue weighted by Crippen LogP contribution is 2.54. The zero-order valence-corrected chi connectivity index (χ0v) is 10.2. The fourth-order valence-electron chi connectivity index (χ4n) is 1.41. The molecule has 1 aromatic rings. The predicted octanol–water partition coefficient (Wildman–Crippen LogP) is 4.86. The molecular weight excluding hydrogens is 336 g/mol. The molecule has 0 radical (unpaired) electrons. The van der Waals surface area contributed by atoms with Crippen LogP contribution in [0, 0.1) is 0 Å². The summed E-state index contributed by atoms with van der Waals surface area (Å²) in [4.78, 5) is 0. The molecule has 0 amide bonds. The van der Waals surface area contributed by atoms with Crippen molar-refractivity contribution in [2.75, 3.05) is 5.32 Å². The van der Waals surface area contributed by atoms with E-state index in [1.54, 1.807) is 0 Å². The highest BCUT2D eigenvalue weighted by molar-refractivity contribution is 5.45. The second-order valence-electron chi connectivity index (χ2n) is 4.15. The van der Waals surface area contributed by atoms with Gasteiger partial charge in [-0.15, -0.1) is 0 Å². The first-order valence-electron chi connectivity index (χ1n) is 5.40. The number of hydrogen-bond donors (Lipinski definition) is 1. The molecule has 11 heteroatoms. The molecule has 0 aromatic heterocycles. The Labute approximate surface area is 116 Å². The van der Waals surface area contributed by atoms with Crippen molar-refractivity contribution in [2.24, 2.45) is 0 Å². The molecule has 0 heterocycles. The number of anilines is 1. The Balaban J connectivity index is 3.35. The normalized spacial score (nSPS) is 16.5. The van der Waals surface area contributed by atoms with Crippen LogP contribution in [0.2, 0.25) is 0 Å². The van der Waals surface area contributed by atoms with Gasteiger partial charge in [0, 0.05) is 5.69 Å². The van der Waals surface area contributed by atoms with Crippen LogP contribution in [0.15, 0.2) is 30.3 Å². The molecule has 22 heavy (non-hydrogen) atoms. The Morgan fingerprint density at radius 1 is 0.727 bits per heavy atom. The van der Waals surface area contributed by atoms with Crippen LogP contribution in [0.5, 0.6) is 0 Å². The largest absolute Gasteiger partial charge is 0.460 e. The van der Waals surface area contributed by atoms with Crippen LogP contribution in [0.25, 0.3) is 0 Å². The molecule has 0 saturated carbocycles. The van der Waals surface area contributed by atoms with Crippen LogP contribution in [0.3, 0.4) is 0 Å². The number of alkyl halides is 10. The molecule has 1 aromatic carbocycles. The van der Waals surface area contributed by atoms with Crippen LogP contribution in [-0.4, -0.2) is 30.2 Å². The van der Waals surface area contributed by atoms with E-state index in [0.717, 1.165) is 29.6 Å². The Morgan fingerprint density at radius 3 is 1.55 bits per heavy atom. The molecule has 0 aliphatic carbocycles. The minimum atomic E-state index is -7.02.